The number of fused-ring (bicyclic) bond motifs is 2. The first-order chi connectivity index (χ1) is 18.9. The number of nitrogen functional groups attached to an aromatic ring is 1. The van der Waals surface area contributed by atoms with Crippen molar-refractivity contribution >= 4 is 40.4 Å². The molecule has 208 valence electrons. The summed E-state index contributed by atoms with van der Waals surface area (Å²) in [7, 11) is 2.13. The number of nitrogens with one attached hydrogen (secondary N) is 2. The van der Waals surface area contributed by atoms with Crippen molar-refractivity contribution in [3.63, 3.8) is 0 Å². The summed E-state index contributed by atoms with van der Waals surface area (Å²) >= 11 is 5.87. The van der Waals surface area contributed by atoms with E-state index in [0.29, 0.717) is 35.9 Å². The van der Waals surface area contributed by atoms with Crippen molar-refractivity contribution in [1.82, 2.24) is 15.1 Å². The number of carbonyl (C=O) groups is 2. The number of rotatable bonds is 6. The van der Waals surface area contributed by atoms with Crippen molar-refractivity contribution < 1.29 is 30.8 Å². The quantitative estimate of drug-likeness (QED) is 0.243. The van der Waals surface area contributed by atoms with E-state index >= 15 is 0 Å². The number of nitrogens with two attached hydrogens (primary N) is 1. The second kappa shape index (κ2) is 12.8. The van der Waals surface area contributed by atoms with E-state index in [-0.39, 0.29) is 39.1 Å². The van der Waals surface area contributed by atoms with Crippen LogP contribution in [0.3, 0.4) is 0 Å². The molecular weight excluding hydrogens is 625 g/mol. The maximum atomic E-state index is 14.0. The van der Waals surface area contributed by atoms with Crippen molar-refractivity contribution in [3.05, 3.63) is 73.8 Å². The second-order valence-corrected chi connectivity index (χ2v) is 13.7. The van der Waals surface area contributed by atoms with Crippen LogP contribution in [0.2, 0.25) is 5.02 Å². The number of hydrogen-bond donors (Lipinski definition) is 3. The van der Waals surface area contributed by atoms with Gasteiger partial charge in [0.2, 0.25) is 0 Å². The molecule has 2 aromatic carbocycles. The number of piperidine rings is 2. The van der Waals surface area contributed by atoms with Gasteiger partial charge >= 0.3 is 213 Å². The second-order valence-electron chi connectivity index (χ2n) is 10.5. The van der Waals surface area contributed by atoms with Gasteiger partial charge in [0.15, 0.2) is 0 Å². The van der Waals surface area contributed by atoms with E-state index in [0.717, 1.165) is 60.0 Å². The Bertz CT molecular complexity index is 1300. The Morgan fingerprint density at radius 2 is 1.92 bits per heavy atom. The van der Waals surface area contributed by atoms with E-state index in [2.05, 4.69) is 51.8 Å². The maximum absolute atomic E-state index is 14.0. The van der Waals surface area contributed by atoms with Crippen molar-refractivity contribution in [2.75, 3.05) is 55.2 Å². The van der Waals surface area contributed by atoms with Gasteiger partial charge in [0.25, 0.3) is 0 Å². The molecule has 0 bridgehead atoms. The number of amides is 2. The number of nitrogens with zero attached hydrogens (tertiary/aromatic N) is 2. The van der Waals surface area contributed by atoms with Crippen LogP contribution in [0.4, 0.5) is 11.4 Å². The van der Waals surface area contributed by atoms with Crippen molar-refractivity contribution in [2.45, 2.75) is 31.7 Å². The van der Waals surface area contributed by atoms with Gasteiger partial charge in [-0.25, -0.2) is 0 Å². The number of hydrogen-bond acceptors (Lipinski definition) is 5. The zero-order chi connectivity index (χ0) is 27.4. The Kier molecular flexibility index (Phi) is 9.27. The van der Waals surface area contributed by atoms with Gasteiger partial charge in [-0.3, -0.25) is 0 Å². The number of alkyl halides is 1. The van der Waals surface area contributed by atoms with Gasteiger partial charge < -0.3 is 5.73 Å². The molecule has 2 amide bonds. The molecule has 0 radical (unpaired) electrons. The summed E-state index contributed by atoms with van der Waals surface area (Å²) in [5, 5.41) is 6.81. The summed E-state index contributed by atoms with van der Waals surface area (Å²) < 4.78 is 2.39. The van der Waals surface area contributed by atoms with Gasteiger partial charge in [-0.2, -0.15) is 0 Å². The van der Waals surface area contributed by atoms with Crippen LogP contribution in [0.1, 0.15) is 31.2 Å². The van der Waals surface area contributed by atoms with Gasteiger partial charge in [-0.05, 0) is 12.1 Å². The molecule has 0 aromatic heterocycles. The van der Waals surface area contributed by atoms with Gasteiger partial charge in [0.1, 0.15) is 0 Å². The molecule has 0 unspecified atom stereocenters. The zero-order valence-electron chi connectivity index (χ0n) is 22.3. The summed E-state index contributed by atoms with van der Waals surface area (Å²) in [6.07, 6.45) is 5.53. The van der Waals surface area contributed by atoms with Crippen molar-refractivity contribution in [2.24, 2.45) is 0 Å². The molecule has 7 nitrogen and oxygen atoms in total. The molecule has 0 atom stereocenters. The summed E-state index contributed by atoms with van der Waals surface area (Å²) in [6.45, 7) is 4.12. The molecule has 3 heterocycles. The third-order valence-electron chi connectivity index (χ3n) is 7.68. The fourth-order valence-corrected chi connectivity index (χ4v) is 8.15. The third kappa shape index (κ3) is 7.03. The molecule has 0 saturated carbocycles. The summed E-state index contributed by atoms with van der Waals surface area (Å²) in [5.74, 6) is -0.0629. The molecule has 4 N–H and O–H groups in total. The van der Waals surface area contributed by atoms with Crippen molar-refractivity contribution in [1.29, 1.82) is 0 Å². The summed E-state index contributed by atoms with van der Waals surface area (Å²) in [6, 6.07) is 13.7. The van der Waals surface area contributed by atoms with Gasteiger partial charge in [-0.1, -0.05) is 11.6 Å². The first kappa shape index (κ1) is 28.1. The van der Waals surface area contributed by atoms with Crippen LogP contribution in [0.15, 0.2) is 59.7 Å². The first-order valence-corrected chi connectivity index (χ1v) is 16.5. The molecule has 2 saturated heterocycles. The molecule has 3 aliphatic rings. The first-order valence-electron chi connectivity index (χ1n) is 13.5. The van der Waals surface area contributed by atoms with Crippen LogP contribution in [0.25, 0.3) is 5.57 Å². The summed E-state index contributed by atoms with van der Waals surface area (Å²) in [5.41, 5.74) is 11.4. The standard InChI is InChI=1S/C30H36ClIN5O2/c1-36-14-10-22(11-15-36)34-30(39)29-23-4-2-3-5-25(23)32-13-8-20-9-16-37(19-24(20)29)17-12-28(38)35-27-18-21(31)6-7-26(27)33/h2-8,18,22H,9-17,19,33H2,1H3,(H,34,39)(H,35,38)/q-1. The fraction of sp³-hybridized carbons (Fsp3) is 0.400. The molecule has 2 aromatic rings. The number of allylic oxidation sites excluding steroid dienone is 1. The Hall–Kier alpha value is -2.40. The summed E-state index contributed by atoms with van der Waals surface area (Å²) in [4.78, 5) is 31.3. The topological polar surface area (TPSA) is 90.7 Å². The monoisotopic (exact) mass is 660 g/mol. The van der Waals surface area contributed by atoms with Crippen LogP contribution in [0, 0.1) is 3.57 Å². The molecule has 3 aliphatic heterocycles. The minimum atomic E-state index is -0.204. The minimum absolute atomic E-state index is 0.0415. The van der Waals surface area contributed by atoms with Crippen LogP contribution >= 0.6 is 11.6 Å². The van der Waals surface area contributed by atoms with Crippen LogP contribution in [0.5, 0.6) is 0 Å². The molecule has 39 heavy (non-hydrogen) atoms. The Morgan fingerprint density at radius 1 is 1.13 bits per heavy atom. The Morgan fingerprint density at radius 3 is 2.74 bits per heavy atom. The number of benzene rings is 2. The van der Waals surface area contributed by atoms with Crippen LogP contribution in [-0.4, -0.2) is 71.9 Å². The van der Waals surface area contributed by atoms with Crippen molar-refractivity contribution in [3.8, 4) is 0 Å². The van der Waals surface area contributed by atoms with Gasteiger partial charge in [0, 0.05) is 5.02 Å². The molecular formula is C30H36ClIN5O2-. The van der Waals surface area contributed by atoms with Gasteiger partial charge in [-0.15, -0.1) is 0 Å². The Balaban J connectivity index is 1.35. The van der Waals surface area contributed by atoms with Gasteiger partial charge in [0.05, 0.1) is 0 Å². The number of halogens is 2. The molecule has 5 rings (SSSR count). The zero-order valence-corrected chi connectivity index (χ0v) is 25.2. The molecule has 2 fully saturated rings. The average molecular weight is 661 g/mol. The molecule has 0 spiro atoms. The molecule has 0 aliphatic carbocycles. The number of anilines is 2. The van der Waals surface area contributed by atoms with E-state index < -0.39 is 0 Å². The van der Waals surface area contributed by atoms with E-state index in [4.69, 9.17) is 17.3 Å². The SMILES string of the molecule is CN1CCC(NC(=O)C2=C3CN(CCC(=O)Nc4cc(Cl)ccc4N)CCC3=CC[I-]c3ccccc32)CC1. The third-order valence-corrected chi connectivity index (χ3v) is 10.6. The van der Waals surface area contributed by atoms with E-state index in [1.54, 1.807) is 18.2 Å². The average Bonchev–Trinajstić information content (AvgIpc) is 2.91. The predicted octanol–water partition coefficient (Wildman–Crippen LogP) is 0.819. The number of carbonyl (C=O) groups excluding carboxylic acids is 2. The fourth-order valence-electron chi connectivity index (χ4n) is 5.43. The van der Waals surface area contributed by atoms with E-state index in [9.17, 15) is 9.59 Å². The molecule has 9 heteroatoms. The van der Waals surface area contributed by atoms with Crippen LogP contribution < -0.4 is 37.6 Å². The number of likely N-dealkylation sites (tertiary alicyclic amines) is 2. The van der Waals surface area contributed by atoms with E-state index in [1.165, 1.54) is 9.14 Å². The van der Waals surface area contributed by atoms with Crippen LogP contribution in [-0.2, 0) is 9.59 Å². The Labute approximate surface area is 246 Å². The normalized spacial score (nSPS) is 19.1. The van der Waals surface area contributed by atoms with E-state index in [1.807, 2.05) is 6.07 Å². The predicted molar refractivity (Wildman–Crippen MR) is 154 cm³/mol.